The zero-order valence-corrected chi connectivity index (χ0v) is 9.92. The van der Waals surface area contributed by atoms with Gasteiger partial charge in [0.05, 0.1) is 7.11 Å². The van der Waals surface area contributed by atoms with Crippen LogP contribution in [0.1, 0.15) is 37.3 Å². The molecule has 0 aliphatic carbocycles. The van der Waals surface area contributed by atoms with Gasteiger partial charge in [0.2, 0.25) is 0 Å². The summed E-state index contributed by atoms with van der Waals surface area (Å²) in [7, 11) is 1.73. The standard InChI is InChI=1S/C13H21NO/c1-4-11-12(10(2)8-9-14)6-5-7-13(11)15-3/h5-7,10H,4,8-9,14H2,1-3H3. The molecule has 2 nitrogen and oxygen atoms in total. The highest BCUT2D eigenvalue weighted by atomic mass is 16.5. The first-order valence-corrected chi connectivity index (χ1v) is 5.60. The first-order chi connectivity index (χ1) is 7.24. The molecule has 0 saturated carbocycles. The van der Waals surface area contributed by atoms with Crippen LogP contribution in [0, 0.1) is 0 Å². The van der Waals surface area contributed by atoms with E-state index in [4.69, 9.17) is 10.5 Å². The van der Waals surface area contributed by atoms with Crippen LogP contribution in [0.5, 0.6) is 5.75 Å². The van der Waals surface area contributed by atoms with E-state index in [0.29, 0.717) is 5.92 Å². The van der Waals surface area contributed by atoms with Crippen molar-refractivity contribution in [3.05, 3.63) is 29.3 Å². The summed E-state index contributed by atoms with van der Waals surface area (Å²) in [6.45, 7) is 5.12. The van der Waals surface area contributed by atoms with Crippen LogP contribution in [0.4, 0.5) is 0 Å². The van der Waals surface area contributed by atoms with Gasteiger partial charge in [-0.05, 0) is 42.5 Å². The minimum atomic E-state index is 0.514. The third kappa shape index (κ3) is 2.72. The quantitative estimate of drug-likeness (QED) is 0.805. The molecule has 0 amide bonds. The molecule has 0 fully saturated rings. The Hall–Kier alpha value is -1.02. The first-order valence-electron chi connectivity index (χ1n) is 5.60. The highest BCUT2D eigenvalue weighted by Gasteiger charge is 2.12. The van der Waals surface area contributed by atoms with Gasteiger partial charge in [0.25, 0.3) is 0 Å². The Balaban J connectivity index is 3.05. The fourth-order valence-electron chi connectivity index (χ4n) is 2.02. The SMILES string of the molecule is CCc1c(OC)cccc1C(C)CCN. The van der Waals surface area contributed by atoms with E-state index < -0.39 is 0 Å². The molecule has 15 heavy (non-hydrogen) atoms. The average molecular weight is 207 g/mol. The van der Waals surface area contributed by atoms with Gasteiger partial charge in [-0.1, -0.05) is 26.0 Å². The summed E-state index contributed by atoms with van der Waals surface area (Å²) in [5.41, 5.74) is 8.30. The van der Waals surface area contributed by atoms with Crippen LogP contribution >= 0.6 is 0 Å². The molecule has 1 unspecified atom stereocenters. The van der Waals surface area contributed by atoms with E-state index in [1.165, 1.54) is 11.1 Å². The van der Waals surface area contributed by atoms with Crippen molar-refractivity contribution in [3.63, 3.8) is 0 Å². The lowest BCUT2D eigenvalue weighted by atomic mass is 9.91. The van der Waals surface area contributed by atoms with E-state index in [1.807, 2.05) is 6.07 Å². The monoisotopic (exact) mass is 207 g/mol. The van der Waals surface area contributed by atoms with E-state index in [0.717, 1.165) is 25.1 Å². The molecule has 0 radical (unpaired) electrons. The Morgan fingerprint density at radius 2 is 2.13 bits per heavy atom. The summed E-state index contributed by atoms with van der Waals surface area (Å²) in [5.74, 6) is 1.51. The lowest BCUT2D eigenvalue weighted by Crippen LogP contribution is -2.07. The highest BCUT2D eigenvalue weighted by Crippen LogP contribution is 2.29. The summed E-state index contributed by atoms with van der Waals surface area (Å²) in [5, 5.41) is 0. The lowest BCUT2D eigenvalue weighted by Gasteiger charge is -2.17. The number of nitrogens with two attached hydrogens (primary N) is 1. The van der Waals surface area contributed by atoms with Crippen molar-refractivity contribution in [2.45, 2.75) is 32.6 Å². The lowest BCUT2D eigenvalue weighted by molar-refractivity contribution is 0.408. The van der Waals surface area contributed by atoms with Gasteiger partial charge >= 0.3 is 0 Å². The summed E-state index contributed by atoms with van der Waals surface area (Å²) in [6.07, 6.45) is 2.04. The minimum absolute atomic E-state index is 0.514. The van der Waals surface area contributed by atoms with E-state index in [9.17, 15) is 0 Å². The molecule has 0 heterocycles. The van der Waals surface area contributed by atoms with Gasteiger partial charge in [-0.15, -0.1) is 0 Å². The predicted octanol–water partition coefficient (Wildman–Crippen LogP) is 2.71. The van der Waals surface area contributed by atoms with Gasteiger partial charge in [-0.25, -0.2) is 0 Å². The Kier molecular flexibility index (Phi) is 4.63. The molecule has 0 aliphatic rings. The number of rotatable bonds is 5. The molecule has 0 spiro atoms. The van der Waals surface area contributed by atoms with E-state index in [-0.39, 0.29) is 0 Å². The van der Waals surface area contributed by atoms with Gasteiger partial charge < -0.3 is 10.5 Å². The van der Waals surface area contributed by atoms with Crippen molar-refractivity contribution in [2.75, 3.05) is 13.7 Å². The van der Waals surface area contributed by atoms with Crippen molar-refractivity contribution in [2.24, 2.45) is 5.73 Å². The molecular weight excluding hydrogens is 186 g/mol. The maximum atomic E-state index is 5.60. The average Bonchev–Trinajstić information content (AvgIpc) is 2.28. The molecule has 2 N–H and O–H groups in total. The Morgan fingerprint density at radius 1 is 1.40 bits per heavy atom. The molecule has 1 aromatic rings. The molecule has 1 atom stereocenters. The van der Waals surface area contributed by atoms with Crippen LogP contribution in [0.25, 0.3) is 0 Å². The minimum Gasteiger partial charge on any atom is -0.496 e. The Bertz CT molecular complexity index is 309. The third-order valence-corrected chi connectivity index (χ3v) is 2.87. The van der Waals surface area contributed by atoms with E-state index in [2.05, 4.69) is 26.0 Å². The first kappa shape index (κ1) is 12.1. The largest absolute Gasteiger partial charge is 0.496 e. The third-order valence-electron chi connectivity index (χ3n) is 2.87. The summed E-state index contributed by atoms with van der Waals surface area (Å²) in [4.78, 5) is 0. The summed E-state index contributed by atoms with van der Waals surface area (Å²) < 4.78 is 5.37. The fourth-order valence-corrected chi connectivity index (χ4v) is 2.02. The zero-order valence-electron chi connectivity index (χ0n) is 9.92. The smallest absolute Gasteiger partial charge is 0.122 e. The molecule has 0 aliphatic heterocycles. The molecule has 84 valence electrons. The molecular formula is C13H21NO. The van der Waals surface area contributed by atoms with Gasteiger partial charge in [-0.3, -0.25) is 0 Å². The number of methoxy groups -OCH3 is 1. The van der Waals surface area contributed by atoms with Crippen LogP contribution in [0.15, 0.2) is 18.2 Å². The second kappa shape index (κ2) is 5.76. The predicted molar refractivity (Wildman–Crippen MR) is 64.5 cm³/mol. The normalized spacial score (nSPS) is 12.5. The molecule has 1 aromatic carbocycles. The number of ether oxygens (including phenoxy) is 1. The van der Waals surface area contributed by atoms with E-state index in [1.54, 1.807) is 7.11 Å². The topological polar surface area (TPSA) is 35.2 Å². The maximum absolute atomic E-state index is 5.60. The maximum Gasteiger partial charge on any atom is 0.122 e. The summed E-state index contributed by atoms with van der Waals surface area (Å²) >= 11 is 0. The van der Waals surface area contributed by atoms with Crippen LogP contribution < -0.4 is 10.5 Å². The molecule has 1 rings (SSSR count). The van der Waals surface area contributed by atoms with Crippen molar-refractivity contribution < 1.29 is 4.74 Å². The number of hydrogen-bond donors (Lipinski definition) is 1. The van der Waals surface area contributed by atoms with Gasteiger partial charge in [0.1, 0.15) is 5.75 Å². The second-order valence-electron chi connectivity index (χ2n) is 3.86. The molecule has 0 saturated heterocycles. The van der Waals surface area contributed by atoms with Crippen molar-refractivity contribution in [1.82, 2.24) is 0 Å². The number of hydrogen-bond acceptors (Lipinski definition) is 2. The highest BCUT2D eigenvalue weighted by molar-refractivity contribution is 5.42. The zero-order chi connectivity index (χ0) is 11.3. The van der Waals surface area contributed by atoms with Crippen LogP contribution in [0.3, 0.4) is 0 Å². The fraction of sp³-hybridized carbons (Fsp3) is 0.538. The molecule has 0 aromatic heterocycles. The van der Waals surface area contributed by atoms with Gasteiger partial charge in [0, 0.05) is 0 Å². The van der Waals surface area contributed by atoms with Crippen LogP contribution in [-0.2, 0) is 6.42 Å². The van der Waals surface area contributed by atoms with Crippen molar-refractivity contribution in [1.29, 1.82) is 0 Å². The van der Waals surface area contributed by atoms with Gasteiger partial charge in [-0.2, -0.15) is 0 Å². The van der Waals surface area contributed by atoms with Crippen molar-refractivity contribution >= 4 is 0 Å². The summed E-state index contributed by atoms with van der Waals surface area (Å²) in [6, 6.07) is 6.26. The molecule has 0 bridgehead atoms. The van der Waals surface area contributed by atoms with Crippen LogP contribution in [-0.4, -0.2) is 13.7 Å². The molecule has 2 heteroatoms. The van der Waals surface area contributed by atoms with Crippen molar-refractivity contribution in [3.8, 4) is 5.75 Å². The van der Waals surface area contributed by atoms with Crippen LogP contribution in [0.2, 0.25) is 0 Å². The Labute approximate surface area is 92.4 Å². The Morgan fingerprint density at radius 3 is 2.67 bits per heavy atom. The van der Waals surface area contributed by atoms with E-state index >= 15 is 0 Å². The number of benzene rings is 1. The second-order valence-corrected chi connectivity index (χ2v) is 3.86. The van der Waals surface area contributed by atoms with Gasteiger partial charge in [0.15, 0.2) is 0 Å².